The molecule has 136 valence electrons. The van der Waals surface area contributed by atoms with Crippen molar-refractivity contribution in [2.24, 2.45) is 0 Å². The van der Waals surface area contributed by atoms with E-state index in [0.29, 0.717) is 0 Å². The lowest BCUT2D eigenvalue weighted by Crippen LogP contribution is -2.64. The lowest BCUT2D eigenvalue weighted by atomic mass is 9.97. The Bertz CT molecular complexity index is 378. The van der Waals surface area contributed by atoms with Gasteiger partial charge in [0.2, 0.25) is 0 Å². The Hall–Kier alpha value is -0.440. The Morgan fingerprint density at radius 3 is 1.83 bits per heavy atom. The first-order valence-corrected chi connectivity index (χ1v) is 7.08. The van der Waals surface area contributed by atoms with Gasteiger partial charge in [-0.15, -0.1) is 0 Å². The van der Waals surface area contributed by atoms with Crippen molar-refractivity contribution in [3.8, 4) is 0 Å². The first-order chi connectivity index (χ1) is 10.8. The van der Waals surface area contributed by atoms with Crippen LogP contribution in [0.1, 0.15) is 0 Å². The molecule has 23 heavy (non-hydrogen) atoms. The third kappa shape index (κ3) is 3.65. The van der Waals surface area contributed by atoms with Crippen LogP contribution in [0, 0.1) is 0 Å². The molecule has 0 bridgehead atoms. The quantitative estimate of drug-likeness (QED) is 0.243. The van der Waals surface area contributed by atoms with Crippen LogP contribution in [0.4, 0.5) is 0 Å². The molecule has 8 N–H and O–H groups in total. The van der Waals surface area contributed by atoms with Crippen molar-refractivity contribution < 1.29 is 55.1 Å². The van der Waals surface area contributed by atoms with Crippen LogP contribution >= 0.6 is 0 Å². The van der Waals surface area contributed by atoms with Gasteiger partial charge < -0.3 is 55.1 Å². The van der Waals surface area contributed by atoms with Gasteiger partial charge in [-0.05, 0) is 0 Å². The fraction of sp³-hybridized carbons (Fsp3) is 1.00. The van der Waals surface area contributed by atoms with Gasteiger partial charge in [-0.25, -0.2) is 0 Å². The molecule has 0 spiro atoms. The molecule has 2 heterocycles. The molecule has 0 saturated carbocycles. The predicted molar refractivity (Wildman–Crippen MR) is 68.6 cm³/mol. The van der Waals surface area contributed by atoms with Gasteiger partial charge in [-0.1, -0.05) is 0 Å². The highest BCUT2D eigenvalue weighted by Crippen LogP contribution is 2.28. The Kier molecular flexibility index (Phi) is 6.27. The molecule has 0 aromatic heterocycles. The highest BCUT2D eigenvalue weighted by Gasteiger charge is 2.50. The van der Waals surface area contributed by atoms with E-state index in [2.05, 4.69) is 0 Å². The third-order valence-corrected chi connectivity index (χ3v) is 3.98. The van der Waals surface area contributed by atoms with Gasteiger partial charge in [0.25, 0.3) is 0 Å². The SMILES string of the molecule is OC[C@@H]1O[C@@H](O[C@H]2[C@@H](O)[C@@H](O)[C@@H](O)O[C@H]2CO)[C@H](O)[C@H](O)[C@@H]1O. The van der Waals surface area contributed by atoms with E-state index in [1.165, 1.54) is 0 Å². The van der Waals surface area contributed by atoms with Crippen molar-refractivity contribution >= 4 is 0 Å². The van der Waals surface area contributed by atoms with E-state index in [0.717, 1.165) is 0 Å². The smallest absolute Gasteiger partial charge is 0.187 e. The minimum absolute atomic E-state index is 0.667. The van der Waals surface area contributed by atoms with Gasteiger partial charge in [0.05, 0.1) is 13.2 Å². The van der Waals surface area contributed by atoms with Gasteiger partial charge in [0.1, 0.15) is 48.8 Å². The molecule has 2 fully saturated rings. The minimum atomic E-state index is -1.74. The van der Waals surface area contributed by atoms with Crippen molar-refractivity contribution in [1.29, 1.82) is 0 Å². The minimum Gasteiger partial charge on any atom is -0.394 e. The van der Waals surface area contributed by atoms with E-state index in [9.17, 15) is 35.7 Å². The summed E-state index contributed by atoms with van der Waals surface area (Å²) >= 11 is 0. The second-order valence-electron chi connectivity index (χ2n) is 5.53. The lowest BCUT2D eigenvalue weighted by molar-refractivity contribution is -0.355. The highest BCUT2D eigenvalue weighted by molar-refractivity contribution is 4.93. The van der Waals surface area contributed by atoms with Crippen LogP contribution in [0.2, 0.25) is 0 Å². The summed E-state index contributed by atoms with van der Waals surface area (Å²) in [6.07, 6.45) is -15.6. The number of rotatable bonds is 4. The molecule has 2 rings (SSSR count). The maximum atomic E-state index is 9.94. The Morgan fingerprint density at radius 1 is 0.652 bits per heavy atom. The molecule has 11 nitrogen and oxygen atoms in total. The van der Waals surface area contributed by atoms with Gasteiger partial charge in [0, 0.05) is 0 Å². The molecular formula is C12H22O11. The summed E-state index contributed by atoms with van der Waals surface area (Å²) in [5.41, 5.74) is 0. The number of aliphatic hydroxyl groups is 8. The molecule has 11 heteroatoms. The van der Waals surface area contributed by atoms with Crippen LogP contribution in [0.3, 0.4) is 0 Å². The maximum absolute atomic E-state index is 9.94. The normalized spacial score (nSPS) is 51.7. The molecule has 0 aromatic carbocycles. The standard InChI is InChI=1S/C12H22O11/c13-1-3-5(15)6(16)9(19)12(22-3)23-10-4(2-14)21-11(20)8(18)7(10)17/h3-20H,1-2H2/t3-,4-,5+,6+,7-,8+,9+,10+,11-,12-/m0/s1. The van der Waals surface area contributed by atoms with Crippen LogP contribution in [0.25, 0.3) is 0 Å². The van der Waals surface area contributed by atoms with E-state index in [1.807, 2.05) is 0 Å². The molecule has 10 atom stereocenters. The number of aliphatic hydroxyl groups excluding tert-OH is 8. The molecule has 0 amide bonds. The summed E-state index contributed by atoms with van der Waals surface area (Å²) in [6.45, 7) is -1.35. The Labute approximate surface area is 130 Å². The van der Waals surface area contributed by atoms with Crippen LogP contribution in [0.15, 0.2) is 0 Å². The van der Waals surface area contributed by atoms with E-state index >= 15 is 0 Å². The highest BCUT2D eigenvalue weighted by atomic mass is 16.7. The second-order valence-corrected chi connectivity index (χ2v) is 5.53. The monoisotopic (exact) mass is 342 g/mol. The Balaban J connectivity index is 2.11. The first kappa shape index (κ1) is 18.9. The largest absolute Gasteiger partial charge is 0.394 e. The molecule has 2 aliphatic heterocycles. The summed E-state index contributed by atoms with van der Waals surface area (Å²) in [5.74, 6) is 0. The van der Waals surface area contributed by atoms with Crippen LogP contribution in [0.5, 0.6) is 0 Å². The van der Waals surface area contributed by atoms with Gasteiger partial charge >= 0.3 is 0 Å². The summed E-state index contributed by atoms with van der Waals surface area (Å²) in [5, 5.41) is 76.5. The molecule has 0 aromatic rings. The summed E-state index contributed by atoms with van der Waals surface area (Å²) in [6, 6.07) is 0. The zero-order valence-electron chi connectivity index (χ0n) is 12.0. The van der Waals surface area contributed by atoms with Gasteiger partial charge in [-0.3, -0.25) is 0 Å². The van der Waals surface area contributed by atoms with E-state index < -0.39 is 74.6 Å². The number of hydrogen-bond donors (Lipinski definition) is 8. The zero-order chi connectivity index (χ0) is 17.3. The van der Waals surface area contributed by atoms with Crippen molar-refractivity contribution in [1.82, 2.24) is 0 Å². The first-order valence-electron chi connectivity index (χ1n) is 7.08. The van der Waals surface area contributed by atoms with Crippen LogP contribution in [-0.4, -0.2) is 115 Å². The van der Waals surface area contributed by atoms with Crippen molar-refractivity contribution in [2.75, 3.05) is 13.2 Å². The van der Waals surface area contributed by atoms with Crippen LogP contribution < -0.4 is 0 Å². The number of ether oxygens (including phenoxy) is 3. The topological polar surface area (TPSA) is 190 Å². The number of hydrogen-bond acceptors (Lipinski definition) is 11. The van der Waals surface area contributed by atoms with E-state index in [1.54, 1.807) is 0 Å². The van der Waals surface area contributed by atoms with Crippen molar-refractivity contribution in [3.63, 3.8) is 0 Å². The summed E-state index contributed by atoms with van der Waals surface area (Å²) in [7, 11) is 0. The molecule has 0 aliphatic carbocycles. The average Bonchev–Trinajstić information content (AvgIpc) is 2.55. The van der Waals surface area contributed by atoms with E-state index in [4.69, 9.17) is 19.3 Å². The van der Waals surface area contributed by atoms with Gasteiger partial charge in [-0.2, -0.15) is 0 Å². The second kappa shape index (κ2) is 7.63. The molecular weight excluding hydrogens is 320 g/mol. The molecule has 0 unspecified atom stereocenters. The van der Waals surface area contributed by atoms with Crippen LogP contribution in [-0.2, 0) is 14.2 Å². The van der Waals surface area contributed by atoms with Crippen molar-refractivity contribution in [3.05, 3.63) is 0 Å². The fourth-order valence-corrected chi connectivity index (χ4v) is 2.57. The molecule has 2 aliphatic rings. The van der Waals surface area contributed by atoms with E-state index in [-0.39, 0.29) is 0 Å². The van der Waals surface area contributed by atoms with Crippen molar-refractivity contribution in [2.45, 2.75) is 61.4 Å². The molecule has 0 radical (unpaired) electrons. The maximum Gasteiger partial charge on any atom is 0.187 e. The zero-order valence-corrected chi connectivity index (χ0v) is 12.0. The molecule has 2 saturated heterocycles. The third-order valence-electron chi connectivity index (χ3n) is 3.98. The lowest BCUT2D eigenvalue weighted by Gasteiger charge is -2.45. The fourth-order valence-electron chi connectivity index (χ4n) is 2.57. The predicted octanol–water partition coefficient (Wildman–Crippen LogP) is -5.40. The summed E-state index contributed by atoms with van der Waals surface area (Å²) in [4.78, 5) is 0. The summed E-state index contributed by atoms with van der Waals surface area (Å²) < 4.78 is 15.3. The van der Waals surface area contributed by atoms with Gasteiger partial charge in [0.15, 0.2) is 12.6 Å². The average molecular weight is 342 g/mol. The Morgan fingerprint density at radius 2 is 1.26 bits per heavy atom.